The molecule has 2 nitrogen and oxygen atoms in total. The summed E-state index contributed by atoms with van der Waals surface area (Å²) in [7, 11) is 0.744. The maximum absolute atomic E-state index is 4.96. The summed E-state index contributed by atoms with van der Waals surface area (Å²) < 4.78 is 9.72. The van der Waals surface area contributed by atoms with Crippen molar-refractivity contribution in [3.05, 3.63) is 12.2 Å². The third kappa shape index (κ3) is 5.88. The van der Waals surface area contributed by atoms with Crippen molar-refractivity contribution in [2.24, 2.45) is 0 Å². The van der Waals surface area contributed by atoms with E-state index in [0.717, 1.165) is 16.1 Å². The summed E-state index contributed by atoms with van der Waals surface area (Å²) in [6.45, 7) is 6.61. The van der Waals surface area contributed by atoms with Gasteiger partial charge in [-0.3, -0.25) is 0 Å². The second kappa shape index (κ2) is 5.02. The minimum atomic E-state index is 0.416. The quantitative estimate of drug-likeness (QED) is 0.229. The maximum Gasteiger partial charge on any atom is 0.149 e. The normalized spacial score (nSPS) is 9.62. The SMILES string of the molecule is C=C(C)COCO[SiH3]. The monoisotopic (exact) mass is 132 g/mol. The standard InChI is InChI=1S/C5H12O2Si/c1-5(2)3-6-4-7-8/h1,3-4H2,2,8H3. The second-order valence-electron chi connectivity index (χ2n) is 1.71. The van der Waals surface area contributed by atoms with Gasteiger partial charge in [-0.25, -0.2) is 0 Å². The molecule has 0 saturated carbocycles. The smallest absolute Gasteiger partial charge is 0.149 e. The first kappa shape index (κ1) is 7.88. The molecule has 0 amide bonds. The predicted molar refractivity (Wildman–Crippen MR) is 36.7 cm³/mol. The molecule has 48 valence electrons. The van der Waals surface area contributed by atoms with Crippen molar-refractivity contribution < 1.29 is 9.16 Å². The maximum atomic E-state index is 4.96. The first-order chi connectivity index (χ1) is 3.77. The van der Waals surface area contributed by atoms with Gasteiger partial charge in [0.1, 0.15) is 17.3 Å². The molecule has 0 unspecified atom stereocenters. The van der Waals surface area contributed by atoms with E-state index in [1.165, 1.54) is 0 Å². The molecule has 0 aliphatic carbocycles. The summed E-state index contributed by atoms with van der Waals surface area (Å²) >= 11 is 0. The van der Waals surface area contributed by atoms with E-state index in [1.807, 2.05) is 6.92 Å². The summed E-state index contributed by atoms with van der Waals surface area (Å²) in [5.41, 5.74) is 1.03. The molecule has 0 bridgehead atoms. The van der Waals surface area contributed by atoms with Crippen LogP contribution in [0.5, 0.6) is 0 Å². The molecule has 0 fully saturated rings. The van der Waals surface area contributed by atoms with E-state index in [1.54, 1.807) is 0 Å². The minimum absolute atomic E-state index is 0.416. The molecule has 0 aliphatic heterocycles. The van der Waals surface area contributed by atoms with Crippen LogP contribution in [0.2, 0.25) is 0 Å². The van der Waals surface area contributed by atoms with Gasteiger partial charge in [0, 0.05) is 0 Å². The van der Waals surface area contributed by atoms with Crippen molar-refractivity contribution in [2.45, 2.75) is 6.92 Å². The molecule has 0 spiro atoms. The fourth-order valence-corrected chi connectivity index (χ4v) is 0.466. The van der Waals surface area contributed by atoms with Crippen molar-refractivity contribution in [3.63, 3.8) is 0 Å². The minimum Gasteiger partial charge on any atom is -0.406 e. The van der Waals surface area contributed by atoms with Gasteiger partial charge in [0.25, 0.3) is 0 Å². The van der Waals surface area contributed by atoms with Gasteiger partial charge in [0.2, 0.25) is 0 Å². The number of ether oxygens (including phenoxy) is 1. The van der Waals surface area contributed by atoms with Gasteiger partial charge >= 0.3 is 0 Å². The Morgan fingerprint density at radius 2 is 2.38 bits per heavy atom. The van der Waals surface area contributed by atoms with Gasteiger partial charge < -0.3 is 9.16 Å². The van der Waals surface area contributed by atoms with E-state index in [2.05, 4.69) is 6.58 Å². The third-order valence-corrected chi connectivity index (χ3v) is 0.785. The lowest BCUT2D eigenvalue weighted by Crippen LogP contribution is -1.98. The van der Waals surface area contributed by atoms with Crippen molar-refractivity contribution in [1.82, 2.24) is 0 Å². The van der Waals surface area contributed by atoms with E-state index in [-0.39, 0.29) is 0 Å². The van der Waals surface area contributed by atoms with E-state index in [4.69, 9.17) is 9.16 Å². The Morgan fingerprint density at radius 3 is 2.75 bits per heavy atom. The first-order valence-corrected chi connectivity index (χ1v) is 3.30. The summed E-state index contributed by atoms with van der Waals surface area (Å²) in [4.78, 5) is 0. The van der Waals surface area contributed by atoms with Crippen LogP contribution in [-0.2, 0) is 9.16 Å². The average molecular weight is 132 g/mol. The Morgan fingerprint density at radius 1 is 1.75 bits per heavy atom. The highest BCUT2D eigenvalue weighted by atomic mass is 28.2. The van der Waals surface area contributed by atoms with Crippen molar-refractivity contribution in [2.75, 3.05) is 13.4 Å². The third-order valence-electron chi connectivity index (χ3n) is 0.550. The van der Waals surface area contributed by atoms with E-state index >= 15 is 0 Å². The highest BCUT2D eigenvalue weighted by Crippen LogP contribution is 1.86. The van der Waals surface area contributed by atoms with Crippen LogP contribution in [0.4, 0.5) is 0 Å². The lowest BCUT2D eigenvalue weighted by atomic mass is 10.4. The summed E-state index contributed by atoms with van der Waals surface area (Å²) in [5, 5.41) is 0. The predicted octanol–water partition coefficient (Wildman–Crippen LogP) is -0.166. The fraction of sp³-hybridized carbons (Fsp3) is 0.600. The molecule has 0 rings (SSSR count). The molecule has 0 radical (unpaired) electrons. The molecule has 3 heteroatoms. The molecule has 0 aromatic carbocycles. The van der Waals surface area contributed by atoms with Crippen LogP contribution in [0, 0.1) is 0 Å². The van der Waals surface area contributed by atoms with Crippen LogP contribution in [-0.4, -0.2) is 23.9 Å². The Hall–Kier alpha value is -0.123. The molecule has 8 heavy (non-hydrogen) atoms. The molecule has 0 heterocycles. The van der Waals surface area contributed by atoms with Gasteiger partial charge in [-0.15, -0.1) is 0 Å². The molecular weight excluding hydrogens is 120 g/mol. The van der Waals surface area contributed by atoms with Crippen LogP contribution < -0.4 is 0 Å². The molecule has 0 aromatic heterocycles. The van der Waals surface area contributed by atoms with Crippen molar-refractivity contribution >= 4 is 10.5 Å². The summed E-state index contributed by atoms with van der Waals surface area (Å²) in [5.74, 6) is 0. The summed E-state index contributed by atoms with van der Waals surface area (Å²) in [6, 6.07) is 0. The van der Waals surface area contributed by atoms with Gasteiger partial charge in [0.15, 0.2) is 0 Å². The Labute approximate surface area is 53.0 Å². The highest BCUT2D eigenvalue weighted by molar-refractivity contribution is 5.97. The topological polar surface area (TPSA) is 18.5 Å². The molecule has 0 N–H and O–H groups in total. The van der Waals surface area contributed by atoms with Gasteiger partial charge in [0.05, 0.1) is 6.61 Å². The Bertz CT molecular complexity index is 72.8. The zero-order chi connectivity index (χ0) is 6.41. The number of hydrogen-bond donors (Lipinski definition) is 0. The molecule has 0 aliphatic rings. The second-order valence-corrected chi connectivity index (χ2v) is 2.29. The van der Waals surface area contributed by atoms with Crippen LogP contribution in [0.1, 0.15) is 6.92 Å². The lowest BCUT2D eigenvalue weighted by molar-refractivity contribution is 0.0331. The molecule has 0 atom stereocenters. The Balaban J connectivity index is 2.82. The molecular formula is C5H12O2Si. The van der Waals surface area contributed by atoms with Crippen molar-refractivity contribution in [3.8, 4) is 0 Å². The first-order valence-electron chi connectivity index (χ1n) is 2.48. The zero-order valence-electron chi connectivity index (χ0n) is 5.44. The number of rotatable bonds is 4. The highest BCUT2D eigenvalue weighted by Gasteiger charge is 1.82. The Kier molecular flexibility index (Phi) is 4.95. The lowest BCUT2D eigenvalue weighted by Gasteiger charge is -1.99. The fourth-order valence-electron chi connectivity index (χ4n) is 0.299. The largest absolute Gasteiger partial charge is 0.406 e. The number of hydrogen-bond acceptors (Lipinski definition) is 2. The van der Waals surface area contributed by atoms with Gasteiger partial charge in [-0.05, 0) is 6.92 Å². The molecule has 0 aromatic rings. The van der Waals surface area contributed by atoms with Gasteiger partial charge in [-0.2, -0.15) is 0 Å². The average Bonchev–Trinajstić information content (AvgIpc) is 1.66. The van der Waals surface area contributed by atoms with Crippen LogP contribution in [0.3, 0.4) is 0 Å². The van der Waals surface area contributed by atoms with Crippen LogP contribution in [0.25, 0.3) is 0 Å². The van der Waals surface area contributed by atoms with Crippen molar-refractivity contribution in [1.29, 1.82) is 0 Å². The van der Waals surface area contributed by atoms with E-state index in [9.17, 15) is 0 Å². The molecule has 0 saturated heterocycles. The van der Waals surface area contributed by atoms with Crippen LogP contribution in [0.15, 0.2) is 12.2 Å². The van der Waals surface area contributed by atoms with E-state index in [0.29, 0.717) is 13.4 Å². The summed E-state index contributed by atoms with van der Waals surface area (Å²) in [6.07, 6.45) is 0. The van der Waals surface area contributed by atoms with Gasteiger partial charge in [-0.1, -0.05) is 12.2 Å². The van der Waals surface area contributed by atoms with Crippen LogP contribution >= 0.6 is 0 Å². The van der Waals surface area contributed by atoms with E-state index < -0.39 is 0 Å². The zero-order valence-corrected chi connectivity index (χ0v) is 7.44.